The van der Waals surface area contributed by atoms with Crippen LogP contribution in [0.2, 0.25) is 0 Å². The molecule has 3 rings (SSSR count). The number of benzene rings is 3. The van der Waals surface area contributed by atoms with Crippen LogP contribution < -0.4 is 5.32 Å². The van der Waals surface area contributed by atoms with Crippen molar-refractivity contribution in [2.45, 2.75) is 19.9 Å². The Morgan fingerprint density at radius 1 is 1.07 bits per heavy atom. The molecule has 0 unspecified atom stereocenters. The van der Waals surface area contributed by atoms with Crippen molar-refractivity contribution >= 4 is 28.3 Å². The minimum Gasteiger partial charge on any atom is -0.452 e. The Kier molecular flexibility index (Phi) is 5.87. The molecule has 0 aliphatic carbocycles. The number of fused-ring (bicyclic) bond motifs is 1. The quantitative estimate of drug-likeness (QED) is 0.387. The number of nitro groups is 1. The molecule has 0 fully saturated rings. The van der Waals surface area contributed by atoms with Crippen molar-refractivity contribution in [3.05, 3.63) is 87.5 Å². The predicted octanol–water partition coefficient (Wildman–Crippen LogP) is 4.09. The molecule has 3 aromatic carbocycles. The molecule has 1 atom stereocenters. The second kappa shape index (κ2) is 8.52. The molecule has 7 nitrogen and oxygen atoms in total. The van der Waals surface area contributed by atoms with E-state index in [1.807, 2.05) is 49.4 Å². The molecule has 0 aliphatic heterocycles. The number of amides is 1. The monoisotopic (exact) mass is 392 g/mol. The van der Waals surface area contributed by atoms with E-state index < -0.39 is 23.4 Å². The molecular weight excluding hydrogens is 372 g/mol. The molecule has 0 spiro atoms. The van der Waals surface area contributed by atoms with Gasteiger partial charge >= 0.3 is 5.97 Å². The van der Waals surface area contributed by atoms with Gasteiger partial charge in [-0.1, -0.05) is 48.5 Å². The first-order valence-corrected chi connectivity index (χ1v) is 9.06. The number of carbonyl (C=O) groups excluding carboxylic acids is 2. The van der Waals surface area contributed by atoms with Gasteiger partial charge in [-0.3, -0.25) is 14.9 Å². The van der Waals surface area contributed by atoms with E-state index in [9.17, 15) is 19.7 Å². The molecule has 148 valence electrons. The highest BCUT2D eigenvalue weighted by molar-refractivity contribution is 5.94. The van der Waals surface area contributed by atoms with Crippen molar-refractivity contribution in [2.75, 3.05) is 6.61 Å². The van der Waals surface area contributed by atoms with Gasteiger partial charge in [0.1, 0.15) is 0 Å². The van der Waals surface area contributed by atoms with Crippen LogP contribution in [0.3, 0.4) is 0 Å². The SMILES string of the molecule is Cc1c(C(=O)OCC(=O)N[C@@H](C)c2cccc3ccccc23)cccc1[N+](=O)[O-]. The van der Waals surface area contributed by atoms with Gasteiger partial charge in [-0.25, -0.2) is 4.79 Å². The summed E-state index contributed by atoms with van der Waals surface area (Å²) in [5, 5.41) is 15.9. The van der Waals surface area contributed by atoms with E-state index in [4.69, 9.17) is 4.74 Å². The standard InChI is InChI=1S/C22H20N2O5/c1-14-17(10-6-12-20(14)24(27)28)22(26)29-13-21(25)23-15(2)18-11-5-8-16-7-3-4-9-19(16)18/h3-12,15H,13H2,1-2H3,(H,23,25)/t15-/m0/s1. The molecule has 0 saturated heterocycles. The lowest BCUT2D eigenvalue weighted by molar-refractivity contribution is -0.385. The lowest BCUT2D eigenvalue weighted by atomic mass is 10.00. The molecular formula is C22H20N2O5. The fraction of sp³-hybridized carbons (Fsp3) is 0.182. The Bertz CT molecular complexity index is 1090. The fourth-order valence-corrected chi connectivity index (χ4v) is 3.24. The molecule has 0 saturated carbocycles. The number of hydrogen-bond acceptors (Lipinski definition) is 5. The average molecular weight is 392 g/mol. The Labute approximate surface area is 167 Å². The number of nitro benzene ring substituents is 1. The molecule has 0 aliphatic rings. The molecule has 29 heavy (non-hydrogen) atoms. The van der Waals surface area contributed by atoms with Gasteiger partial charge in [0, 0.05) is 11.6 Å². The van der Waals surface area contributed by atoms with Crippen LogP contribution in [0.15, 0.2) is 60.7 Å². The first kappa shape index (κ1) is 20.0. The van der Waals surface area contributed by atoms with Gasteiger partial charge in [0.15, 0.2) is 6.61 Å². The zero-order valence-electron chi connectivity index (χ0n) is 16.0. The van der Waals surface area contributed by atoms with E-state index in [0.29, 0.717) is 0 Å². The predicted molar refractivity (Wildman–Crippen MR) is 109 cm³/mol. The van der Waals surface area contributed by atoms with Gasteiger partial charge in [-0.2, -0.15) is 0 Å². The highest BCUT2D eigenvalue weighted by Crippen LogP contribution is 2.24. The van der Waals surface area contributed by atoms with Crippen LogP contribution in [0.1, 0.15) is 34.5 Å². The van der Waals surface area contributed by atoms with Crippen LogP contribution in [0.4, 0.5) is 5.69 Å². The van der Waals surface area contributed by atoms with Gasteiger partial charge in [0.05, 0.1) is 16.5 Å². The van der Waals surface area contributed by atoms with Crippen LogP contribution in [0.5, 0.6) is 0 Å². The van der Waals surface area contributed by atoms with Crippen molar-refractivity contribution in [1.29, 1.82) is 0 Å². The van der Waals surface area contributed by atoms with Crippen molar-refractivity contribution in [3.8, 4) is 0 Å². The van der Waals surface area contributed by atoms with Crippen molar-refractivity contribution in [3.63, 3.8) is 0 Å². The smallest absolute Gasteiger partial charge is 0.339 e. The normalized spacial score (nSPS) is 11.7. The number of ether oxygens (including phenoxy) is 1. The summed E-state index contributed by atoms with van der Waals surface area (Å²) in [4.78, 5) is 34.9. The number of nitrogens with one attached hydrogen (secondary N) is 1. The van der Waals surface area contributed by atoms with E-state index in [0.717, 1.165) is 16.3 Å². The largest absolute Gasteiger partial charge is 0.452 e. The summed E-state index contributed by atoms with van der Waals surface area (Å²) in [5.41, 5.74) is 1.05. The van der Waals surface area contributed by atoms with Gasteiger partial charge in [0.2, 0.25) is 0 Å². The Morgan fingerprint density at radius 3 is 2.52 bits per heavy atom. The maximum absolute atomic E-state index is 12.3. The minimum absolute atomic E-state index is 0.0640. The Balaban J connectivity index is 1.65. The maximum atomic E-state index is 12.3. The summed E-state index contributed by atoms with van der Waals surface area (Å²) in [6.07, 6.45) is 0. The third-order valence-corrected chi connectivity index (χ3v) is 4.72. The van der Waals surface area contributed by atoms with Crippen molar-refractivity contribution in [1.82, 2.24) is 5.32 Å². The topological polar surface area (TPSA) is 98.5 Å². The number of carbonyl (C=O) groups is 2. The van der Waals surface area contributed by atoms with Crippen molar-refractivity contribution < 1.29 is 19.2 Å². The molecule has 7 heteroatoms. The molecule has 0 radical (unpaired) electrons. The maximum Gasteiger partial charge on any atom is 0.339 e. The molecule has 3 aromatic rings. The zero-order valence-corrected chi connectivity index (χ0v) is 16.0. The molecule has 1 amide bonds. The van der Waals surface area contributed by atoms with Gasteiger partial charge in [-0.05, 0) is 36.2 Å². The van der Waals surface area contributed by atoms with E-state index in [2.05, 4.69) is 5.32 Å². The molecule has 0 aromatic heterocycles. The summed E-state index contributed by atoms with van der Waals surface area (Å²) in [6, 6.07) is 17.6. The minimum atomic E-state index is -0.779. The van der Waals surface area contributed by atoms with Gasteiger partial charge < -0.3 is 10.1 Å². The van der Waals surface area contributed by atoms with Crippen LogP contribution in [0.25, 0.3) is 10.8 Å². The summed E-state index contributed by atoms with van der Waals surface area (Å²) >= 11 is 0. The molecule has 0 bridgehead atoms. The number of nitrogens with zero attached hydrogens (tertiary/aromatic N) is 1. The number of rotatable bonds is 6. The van der Waals surface area contributed by atoms with Crippen LogP contribution in [0, 0.1) is 17.0 Å². The Hall–Kier alpha value is -3.74. The number of hydrogen-bond donors (Lipinski definition) is 1. The summed E-state index contributed by atoms with van der Waals surface area (Å²) in [6.45, 7) is 2.85. The highest BCUT2D eigenvalue weighted by atomic mass is 16.6. The van der Waals surface area contributed by atoms with E-state index >= 15 is 0 Å². The Morgan fingerprint density at radius 2 is 1.76 bits per heavy atom. The summed E-state index contributed by atoms with van der Waals surface area (Å²) < 4.78 is 5.06. The number of esters is 1. The van der Waals surface area contributed by atoms with Gasteiger partial charge in [0.25, 0.3) is 11.6 Å². The van der Waals surface area contributed by atoms with Crippen molar-refractivity contribution in [2.24, 2.45) is 0 Å². The second-order valence-corrected chi connectivity index (χ2v) is 6.64. The zero-order chi connectivity index (χ0) is 21.0. The lowest BCUT2D eigenvalue weighted by Crippen LogP contribution is -2.31. The first-order chi connectivity index (χ1) is 13.9. The lowest BCUT2D eigenvalue weighted by Gasteiger charge is -2.17. The summed E-state index contributed by atoms with van der Waals surface area (Å²) in [7, 11) is 0. The van der Waals surface area contributed by atoms with E-state index in [-0.39, 0.29) is 22.9 Å². The first-order valence-electron chi connectivity index (χ1n) is 9.06. The van der Waals surface area contributed by atoms with E-state index in [1.165, 1.54) is 25.1 Å². The summed E-state index contributed by atoms with van der Waals surface area (Å²) in [5.74, 6) is -1.24. The van der Waals surface area contributed by atoms with E-state index in [1.54, 1.807) is 0 Å². The third kappa shape index (κ3) is 4.40. The van der Waals surface area contributed by atoms with Crippen LogP contribution >= 0.6 is 0 Å². The molecule has 1 N–H and O–H groups in total. The van der Waals surface area contributed by atoms with Gasteiger partial charge in [-0.15, -0.1) is 0 Å². The average Bonchev–Trinajstić information content (AvgIpc) is 2.71. The van der Waals surface area contributed by atoms with Crippen LogP contribution in [-0.2, 0) is 9.53 Å². The highest BCUT2D eigenvalue weighted by Gasteiger charge is 2.20. The third-order valence-electron chi connectivity index (χ3n) is 4.72. The second-order valence-electron chi connectivity index (χ2n) is 6.64. The molecule has 0 heterocycles. The van der Waals surface area contributed by atoms with Crippen LogP contribution in [-0.4, -0.2) is 23.4 Å². The fourth-order valence-electron chi connectivity index (χ4n) is 3.24.